The first kappa shape index (κ1) is 21.1. The second-order valence-corrected chi connectivity index (χ2v) is 7.91. The summed E-state index contributed by atoms with van der Waals surface area (Å²) in [4.78, 5) is 12.4. The van der Waals surface area contributed by atoms with Gasteiger partial charge < -0.3 is 10.6 Å². The third-order valence-electron chi connectivity index (χ3n) is 4.23. The van der Waals surface area contributed by atoms with Crippen molar-refractivity contribution >= 4 is 34.0 Å². The Hall–Kier alpha value is -2.16. The fourth-order valence-corrected chi connectivity index (χ4v) is 4.14. The van der Waals surface area contributed by atoms with E-state index in [2.05, 4.69) is 15.4 Å². The van der Waals surface area contributed by atoms with Crippen molar-refractivity contribution in [3.05, 3.63) is 59.4 Å². The number of rotatable bonds is 5. The van der Waals surface area contributed by atoms with Crippen molar-refractivity contribution in [2.24, 2.45) is 0 Å². The Bertz CT molecular complexity index is 914. The van der Waals surface area contributed by atoms with Crippen molar-refractivity contribution in [2.45, 2.75) is 24.3 Å². The molecule has 1 amide bonds. The van der Waals surface area contributed by atoms with Gasteiger partial charge in [-0.15, -0.1) is 12.4 Å². The van der Waals surface area contributed by atoms with Gasteiger partial charge in [-0.05, 0) is 61.9 Å². The zero-order chi connectivity index (χ0) is 18.7. The van der Waals surface area contributed by atoms with Crippen LogP contribution < -0.4 is 15.4 Å². The minimum Gasteiger partial charge on any atom is -0.348 e. The van der Waals surface area contributed by atoms with Gasteiger partial charge in [0.25, 0.3) is 15.9 Å². The van der Waals surface area contributed by atoms with Gasteiger partial charge in [-0.25, -0.2) is 12.8 Å². The summed E-state index contributed by atoms with van der Waals surface area (Å²) in [5, 5.41) is 6.05. The second kappa shape index (κ2) is 8.69. The van der Waals surface area contributed by atoms with Crippen LogP contribution in [0.1, 0.15) is 22.3 Å². The number of carbonyl (C=O) groups is 1. The average molecular weight is 414 g/mol. The Morgan fingerprint density at radius 2 is 1.89 bits per heavy atom. The highest BCUT2D eigenvalue weighted by molar-refractivity contribution is 7.92. The molecule has 0 bridgehead atoms. The van der Waals surface area contributed by atoms with E-state index in [1.54, 1.807) is 19.1 Å². The fourth-order valence-electron chi connectivity index (χ4n) is 2.81. The van der Waals surface area contributed by atoms with Crippen molar-refractivity contribution in [2.75, 3.05) is 17.8 Å². The highest BCUT2D eigenvalue weighted by atomic mass is 35.5. The van der Waals surface area contributed by atoms with Gasteiger partial charge in [0.05, 0.1) is 4.90 Å². The van der Waals surface area contributed by atoms with E-state index < -0.39 is 15.8 Å². The molecule has 1 aliphatic heterocycles. The molecule has 146 valence electrons. The topological polar surface area (TPSA) is 87.3 Å². The van der Waals surface area contributed by atoms with Gasteiger partial charge in [0.1, 0.15) is 5.82 Å². The molecule has 3 N–H and O–H groups in total. The zero-order valence-corrected chi connectivity index (χ0v) is 16.3. The van der Waals surface area contributed by atoms with Crippen LogP contribution in [0, 0.1) is 12.7 Å². The number of nitrogens with one attached hydrogen (secondary N) is 3. The maximum atomic E-state index is 13.0. The molecule has 0 spiro atoms. The molecule has 0 aliphatic carbocycles. The number of benzene rings is 2. The molecule has 0 aromatic heterocycles. The molecule has 0 radical (unpaired) electrons. The number of halogens is 2. The van der Waals surface area contributed by atoms with Gasteiger partial charge in [0.2, 0.25) is 0 Å². The molecule has 1 saturated heterocycles. The molecule has 3 rings (SSSR count). The summed E-state index contributed by atoms with van der Waals surface area (Å²) in [7, 11) is -3.90. The largest absolute Gasteiger partial charge is 0.348 e. The molecular formula is C18H21ClFN3O3S. The molecule has 0 saturated carbocycles. The molecule has 2 aromatic rings. The number of anilines is 1. The Labute approximate surface area is 164 Å². The van der Waals surface area contributed by atoms with Gasteiger partial charge in [-0.1, -0.05) is 6.07 Å². The quantitative estimate of drug-likeness (QED) is 0.702. The summed E-state index contributed by atoms with van der Waals surface area (Å²) in [6.07, 6.45) is 0.842. The van der Waals surface area contributed by atoms with Crippen molar-refractivity contribution < 1.29 is 17.6 Å². The molecule has 9 heteroatoms. The predicted molar refractivity (Wildman–Crippen MR) is 104 cm³/mol. The van der Waals surface area contributed by atoms with Gasteiger partial charge in [0, 0.05) is 23.8 Å². The van der Waals surface area contributed by atoms with E-state index in [1.165, 1.54) is 30.3 Å². The van der Waals surface area contributed by atoms with E-state index in [0.29, 0.717) is 12.1 Å². The number of carbonyl (C=O) groups excluding carboxylic acids is 1. The van der Waals surface area contributed by atoms with Crippen molar-refractivity contribution in [1.29, 1.82) is 0 Å². The van der Waals surface area contributed by atoms with Crippen LogP contribution in [-0.4, -0.2) is 33.5 Å². The zero-order valence-electron chi connectivity index (χ0n) is 14.7. The number of amides is 1. The van der Waals surface area contributed by atoms with Gasteiger partial charge >= 0.3 is 0 Å². The lowest BCUT2D eigenvalue weighted by atomic mass is 10.1. The van der Waals surface area contributed by atoms with Crippen LogP contribution in [0.25, 0.3) is 0 Å². The van der Waals surface area contributed by atoms with Crippen LogP contribution in [0.2, 0.25) is 0 Å². The summed E-state index contributed by atoms with van der Waals surface area (Å²) in [5.74, 6) is -0.763. The first-order valence-electron chi connectivity index (χ1n) is 8.26. The van der Waals surface area contributed by atoms with Gasteiger partial charge in [0.15, 0.2) is 0 Å². The number of sulfonamides is 1. The predicted octanol–water partition coefficient (Wildman–Crippen LogP) is 2.45. The van der Waals surface area contributed by atoms with Gasteiger partial charge in [-0.3, -0.25) is 9.52 Å². The van der Waals surface area contributed by atoms with E-state index in [-0.39, 0.29) is 40.5 Å². The maximum absolute atomic E-state index is 13.0. The molecule has 1 aliphatic rings. The first-order valence-corrected chi connectivity index (χ1v) is 9.74. The van der Waals surface area contributed by atoms with Crippen molar-refractivity contribution in [3.8, 4) is 0 Å². The molecule has 27 heavy (non-hydrogen) atoms. The van der Waals surface area contributed by atoms with Crippen LogP contribution in [0.15, 0.2) is 47.4 Å². The Balaban J connectivity index is 0.00000261. The van der Waals surface area contributed by atoms with Crippen LogP contribution in [0.3, 0.4) is 0 Å². The molecule has 1 fully saturated rings. The summed E-state index contributed by atoms with van der Waals surface area (Å²) in [6, 6.07) is 9.62. The second-order valence-electron chi connectivity index (χ2n) is 6.26. The monoisotopic (exact) mass is 413 g/mol. The van der Waals surface area contributed by atoms with Gasteiger partial charge in [-0.2, -0.15) is 0 Å². The Morgan fingerprint density at radius 1 is 1.19 bits per heavy atom. The molecule has 1 atom stereocenters. The summed E-state index contributed by atoms with van der Waals surface area (Å²) in [6.45, 7) is 3.21. The van der Waals surface area contributed by atoms with Crippen LogP contribution in [0.5, 0.6) is 0 Å². The smallest absolute Gasteiger partial charge is 0.262 e. The Kier molecular flexibility index (Phi) is 6.80. The molecule has 2 aromatic carbocycles. The SMILES string of the molecule is Cc1ccc(C(=O)NC2CCNC2)cc1S(=O)(=O)Nc1ccc(F)cc1.Cl. The van der Waals surface area contributed by atoms with Crippen LogP contribution in [-0.2, 0) is 10.0 Å². The minimum absolute atomic E-state index is 0. The highest BCUT2D eigenvalue weighted by Gasteiger charge is 2.21. The van der Waals surface area contributed by atoms with E-state index in [1.807, 2.05) is 0 Å². The fraction of sp³-hybridized carbons (Fsp3) is 0.278. The minimum atomic E-state index is -3.90. The number of hydrogen-bond donors (Lipinski definition) is 3. The van der Waals surface area contributed by atoms with E-state index in [0.717, 1.165) is 13.0 Å². The summed E-state index contributed by atoms with van der Waals surface area (Å²) >= 11 is 0. The third kappa shape index (κ3) is 5.18. The maximum Gasteiger partial charge on any atom is 0.262 e. The van der Waals surface area contributed by atoms with Crippen molar-refractivity contribution in [1.82, 2.24) is 10.6 Å². The lowest BCUT2D eigenvalue weighted by molar-refractivity contribution is 0.0940. The normalized spacial score (nSPS) is 16.4. The Morgan fingerprint density at radius 3 is 2.52 bits per heavy atom. The molecular weight excluding hydrogens is 393 g/mol. The number of aryl methyl sites for hydroxylation is 1. The lowest BCUT2D eigenvalue weighted by Crippen LogP contribution is -2.36. The average Bonchev–Trinajstić information content (AvgIpc) is 3.10. The standard InChI is InChI=1S/C18H20FN3O3S.ClH/c1-12-2-3-13(18(23)21-16-8-9-20-11-16)10-17(12)26(24,25)22-15-6-4-14(19)5-7-15;/h2-7,10,16,20,22H,8-9,11H2,1H3,(H,21,23);1H. The van der Waals surface area contributed by atoms with E-state index >= 15 is 0 Å². The van der Waals surface area contributed by atoms with Crippen molar-refractivity contribution in [3.63, 3.8) is 0 Å². The molecule has 1 heterocycles. The molecule has 6 nitrogen and oxygen atoms in total. The highest BCUT2D eigenvalue weighted by Crippen LogP contribution is 2.21. The van der Waals surface area contributed by atoms with E-state index in [9.17, 15) is 17.6 Å². The number of hydrogen-bond acceptors (Lipinski definition) is 4. The lowest BCUT2D eigenvalue weighted by Gasteiger charge is -2.14. The first-order chi connectivity index (χ1) is 12.3. The summed E-state index contributed by atoms with van der Waals surface area (Å²) in [5.41, 5.74) is 1.04. The third-order valence-corrected chi connectivity index (χ3v) is 5.76. The van der Waals surface area contributed by atoms with Crippen LogP contribution >= 0.6 is 12.4 Å². The molecule has 1 unspecified atom stereocenters. The summed E-state index contributed by atoms with van der Waals surface area (Å²) < 4.78 is 40.8. The van der Waals surface area contributed by atoms with Crippen LogP contribution in [0.4, 0.5) is 10.1 Å². The van der Waals surface area contributed by atoms with E-state index in [4.69, 9.17) is 0 Å².